The van der Waals surface area contributed by atoms with E-state index in [-0.39, 0.29) is 12.3 Å². The van der Waals surface area contributed by atoms with Gasteiger partial charge in [0, 0.05) is 0 Å². The molecule has 0 fully saturated rings. The third kappa shape index (κ3) is 1.57. The van der Waals surface area contributed by atoms with E-state index in [9.17, 15) is 4.79 Å². The molecule has 0 radical (unpaired) electrons. The summed E-state index contributed by atoms with van der Waals surface area (Å²) < 4.78 is 2.71. The second-order valence-electron chi connectivity index (χ2n) is 2.80. The minimum absolute atomic E-state index is 0.145. The summed E-state index contributed by atoms with van der Waals surface area (Å²) in [6.07, 6.45) is 1.57. The number of hydrogen-bond donors (Lipinski definition) is 1. The lowest BCUT2D eigenvalue weighted by atomic mass is 10.2. The molecule has 0 aromatic carbocycles. The second kappa shape index (κ2) is 3.52. The van der Waals surface area contributed by atoms with Crippen LogP contribution in [0.1, 0.15) is 5.69 Å². The van der Waals surface area contributed by atoms with Crippen LogP contribution in [0, 0.1) is 3.70 Å². The summed E-state index contributed by atoms with van der Waals surface area (Å²) in [5.41, 5.74) is 6.60. The summed E-state index contributed by atoms with van der Waals surface area (Å²) in [6.45, 7) is 0. The number of hydrogen-bond acceptors (Lipinski definition) is 3. The molecule has 1 amide bonds. The van der Waals surface area contributed by atoms with Crippen LogP contribution in [0.2, 0.25) is 0 Å². The van der Waals surface area contributed by atoms with Crippen molar-refractivity contribution in [2.45, 2.75) is 6.42 Å². The fourth-order valence-electron chi connectivity index (χ4n) is 1.25. The monoisotopic (exact) mass is 302 g/mol. The van der Waals surface area contributed by atoms with Crippen LogP contribution in [0.25, 0.3) is 5.52 Å². The van der Waals surface area contributed by atoms with E-state index in [2.05, 4.69) is 32.7 Å². The zero-order chi connectivity index (χ0) is 10.1. The third-order valence-corrected chi connectivity index (χ3v) is 2.64. The molecule has 2 heterocycles. The van der Waals surface area contributed by atoms with Crippen molar-refractivity contribution >= 4 is 34.0 Å². The topological polar surface area (TPSA) is 73.3 Å². The van der Waals surface area contributed by atoms with E-state index in [1.165, 1.54) is 6.33 Å². The lowest BCUT2D eigenvalue weighted by Gasteiger charge is -2.00. The Bertz CT molecular complexity index is 493. The van der Waals surface area contributed by atoms with Gasteiger partial charge in [-0.05, 0) is 34.7 Å². The lowest BCUT2D eigenvalue weighted by Crippen LogP contribution is -2.15. The van der Waals surface area contributed by atoms with Gasteiger partial charge >= 0.3 is 0 Å². The summed E-state index contributed by atoms with van der Waals surface area (Å²) >= 11 is 2.16. The van der Waals surface area contributed by atoms with E-state index in [0.717, 1.165) is 9.22 Å². The summed E-state index contributed by atoms with van der Waals surface area (Å²) in [7, 11) is 0. The first-order valence-corrected chi connectivity index (χ1v) is 5.02. The molecular formula is C8H7IN4O. The van der Waals surface area contributed by atoms with Gasteiger partial charge in [-0.1, -0.05) is 0 Å². The van der Waals surface area contributed by atoms with Crippen molar-refractivity contribution in [3.05, 3.63) is 27.9 Å². The Labute approximate surface area is 93.5 Å². The molecule has 0 saturated carbocycles. The maximum atomic E-state index is 10.8. The molecule has 2 N–H and O–H groups in total. The van der Waals surface area contributed by atoms with E-state index in [4.69, 9.17) is 5.73 Å². The van der Waals surface area contributed by atoms with Crippen LogP contribution in [0.4, 0.5) is 0 Å². The van der Waals surface area contributed by atoms with Gasteiger partial charge in [0.2, 0.25) is 5.91 Å². The van der Waals surface area contributed by atoms with Crippen LogP contribution >= 0.6 is 22.6 Å². The number of carbonyl (C=O) groups is 1. The number of nitrogens with two attached hydrogens (primary N) is 1. The molecule has 0 aliphatic heterocycles. The third-order valence-electron chi connectivity index (χ3n) is 1.83. The molecule has 0 aliphatic rings. The Kier molecular flexibility index (Phi) is 2.36. The molecule has 72 valence electrons. The Morgan fingerprint density at radius 1 is 1.57 bits per heavy atom. The van der Waals surface area contributed by atoms with Crippen LogP contribution in [0.15, 0.2) is 18.5 Å². The smallest absolute Gasteiger partial charge is 0.223 e. The highest BCUT2D eigenvalue weighted by molar-refractivity contribution is 14.1. The van der Waals surface area contributed by atoms with Crippen molar-refractivity contribution in [2.75, 3.05) is 0 Å². The molecule has 0 bridgehead atoms. The summed E-state index contributed by atoms with van der Waals surface area (Å²) in [5.74, 6) is -0.387. The van der Waals surface area contributed by atoms with E-state index >= 15 is 0 Å². The van der Waals surface area contributed by atoms with Crippen LogP contribution in [-0.2, 0) is 11.2 Å². The fraction of sp³-hybridized carbons (Fsp3) is 0.125. The van der Waals surface area contributed by atoms with Gasteiger partial charge in [0.05, 0.1) is 17.6 Å². The second-order valence-corrected chi connectivity index (χ2v) is 3.91. The maximum Gasteiger partial charge on any atom is 0.223 e. The van der Waals surface area contributed by atoms with Crippen LogP contribution in [0.5, 0.6) is 0 Å². The fourth-order valence-corrected chi connectivity index (χ4v) is 1.82. The number of nitrogens with zero attached hydrogens (tertiary/aromatic N) is 3. The molecule has 2 rings (SSSR count). The van der Waals surface area contributed by atoms with E-state index in [1.54, 1.807) is 4.52 Å². The molecule has 6 heteroatoms. The number of rotatable bonds is 2. The summed E-state index contributed by atoms with van der Waals surface area (Å²) in [6, 6.07) is 3.79. The predicted octanol–water partition coefficient (Wildman–Crippen LogP) is 0.362. The molecular weight excluding hydrogens is 295 g/mol. The van der Waals surface area contributed by atoms with E-state index in [0.29, 0.717) is 5.69 Å². The van der Waals surface area contributed by atoms with Crippen LogP contribution in [-0.4, -0.2) is 20.5 Å². The predicted molar refractivity (Wildman–Crippen MR) is 58.6 cm³/mol. The first-order valence-electron chi connectivity index (χ1n) is 3.94. The van der Waals surface area contributed by atoms with Gasteiger partial charge < -0.3 is 5.73 Å². The maximum absolute atomic E-state index is 10.8. The Hall–Kier alpha value is -1.18. The van der Waals surface area contributed by atoms with Gasteiger partial charge in [-0.2, -0.15) is 5.10 Å². The number of aromatic nitrogens is 3. The molecule has 0 aliphatic carbocycles. The Balaban J connectivity index is 2.59. The summed E-state index contributed by atoms with van der Waals surface area (Å²) in [4.78, 5) is 14.8. The van der Waals surface area contributed by atoms with Crippen molar-refractivity contribution in [1.82, 2.24) is 14.6 Å². The van der Waals surface area contributed by atoms with Gasteiger partial charge in [0.25, 0.3) is 0 Å². The zero-order valence-corrected chi connectivity index (χ0v) is 9.30. The van der Waals surface area contributed by atoms with Gasteiger partial charge in [0.15, 0.2) is 0 Å². The SMILES string of the molecule is NC(=O)Cc1ncnn2c(I)ccc12. The van der Waals surface area contributed by atoms with E-state index in [1.807, 2.05) is 12.1 Å². The minimum atomic E-state index is -0.387. The zero-order valence-electron chi connectivity index (χ0n) is 7.14. The van der Waals surface area contributed by atoms with Crippen molar-refractivity contribution < 1.29 is 4.79 Å². The van der Waals surface area contributed by atoms with Crippen LogP contribution < -0.4 is 5.73 Å². The number of primary amides is 1. The first-order chi connectivity index (χ1) is 6.68. The molecule has 0 atom stereocenters. The van der Waals surface area contributed by atoms with Crippen LogP contribution in [0.3, 0.4) is 0 Å². The molecule has 5 nitrogen and oxygen atoms in total. The molecule has 0 spiro atoms. The van der Waals surface area contributed by atoms with Gasteiger partial charge in [-0.3, -0.25) is 4.79 Å². The highest BCUT2D eigenvalue weighted by atomic mass is 127. The lowest BCUT2D eigenvalue weighted by molar-refractivity contribution is -0.117. The van der Waals surface area contributed by atoms with Gasteiger partial charge in [-0.25, -0.2) is 9.50 Å². The van der Waals surface area contributed by atoms with Crippen molar-refractivity contribution in [2.24, 2.45) is 5.73 Å². The van der Waals surface area contributed by atoms with Gasteiger partial charge in [-0.15, -0.1) is 0 Å². The van der Waals surface area contributed by atoms with Gasteiger partial charge in [0.1, 0.15) is 10.0 Å². The largest absolute Gasteiger partial charge is 0.369 e. The normalized spacial score (nSPS) is 10.6. The average Bonchev–Trinajstić information content (AvgIpc) is 2.49. The molecule has 0 saturated heterocycles. The standard InChI is InChI=1S/C8H7IN4O/c9-7-2-1-6-5(3-8(10)14)11-4-12-13(6)7/h1-2,4H,3H2,(H2,10,14). The highest BCUT2D eigenvalue weighted by Crippen LogP contribution is 2.13. The first kappa shape index (κ1) is 9.38. The molecule has 2 aromatic heterocycles. The van der Waals surface area contributed by atoms with Crippen molar-refractivity contribution in [1.29, 1.82) is 0 Å². The number of halogens is 1. The quantitative estimate of drug-likeness (QED) is 0.814. The molecule has 14 heavy (non-hydrogen) atoms. The average molecular weight is 302 g/mol. The number of carbonyl (C=O) groups excluding carboxylic acids is 1. The Morgan fingerprint density at radius 3 is 3.07 bits per heavy atom. The van der Waals surface area contributed by atoms with E-state index < -0.39 is 0 Å². The minimum Gasteiger partial charge on any atom is -0.369 e. The Morgan fingerprint density at radius 2 is 2.36 bits per heavy atom. The summed E-state index contributed by atoms with van der Waals surface area (Å²) in [5, 5.41) is 4.05. The number of amides is 1. The highest BCUT2D eigenvalue weighted by Gasteiger charge is 2.08. The van der Waals surface area contributed by atoms with Crippen molar-refractivity contribution in [3.8, 4) is 0 Å². The van der Waals surface area contributed by atoms with Crippen molar-refractivity contribution in [3.63, 3.8) is 0 Å². The molecule has 2 aromatic rings. The number of fused-ring (bicyclic) bond motifs is 1. The molecule has 0 unspecified atom stereocenters.